The van der Waals surface area contributed by atoms with Crippen LogP contribution in [0.2, 0.25) is 0 Å². The molecular weight excluding hydrogens is 330 g/mol. The lowest BCUT2D eigenvalue weighted by Gasteiger charge is -2.32. The summed E-state index contributed by atoms with van der Waals surface area (Å²) in [7, 11) is 1.69. The average molecular weight is 353 g/mol. The van der Waals surface area contributed by atoms with Gasteiger partial charge in [-0.05, 0) is 40.3 Å². The molecule has 134 valence electrons. The number of rotatable bonds is 4. The molecule has 0 saturated heterocycles. The van der Waals surface area contributed by atoms with Gasteiger partial charge in [0.25, 0.3) is 0 Å². The van der Waals surface area contributed by atoms with E-state index in [1.807, 2.05) is 6.07 Å². The van der Waals surface area contributed by atoms with Crippen molar-refractivity contribution < 1.29 is 4.79 Å². The number of hydrogen-bond acceptors (Lipinski definition) is 1. The Bertz CT molecular complexity index is 1020. The van der Waals surface area contributed by atoms with E-state index in [1.54, 1.807) is 7.05 Å². The molecule has 2 nitrogen and oxygen atoms in total. The summed E-state index contributed by atoms with van der Waals surface area (Å²) in [5.74, 6) is 0.0393. The van der Waals surface area contributed by atoms with Crippen LogP contribution >= 0.6 is 0 Å². The van der Waals surface area contributed by atoms with Crippen LogP contribution in [0.25, 0.3) is 17.2 Å². The quantitative estimate of drug-likeness (QED) is 0.687. The number of amides is 1. The van der Waals surface area contributed by atoms with Gasteiger partial charge in [-0.3, -0.25) is 4.79 Å². The van der Waals surface area contributed by atoms with Gasteiger partial charge in [0.15, 0.2) is 0 Å². The first-order valence-corrected chi connectivity index (χ1v) is 9.30. The Hall–Kier alpha value is -3.13. The van der Waals surface area contributed by atoms with E-state index in [4.69, 9.17) is 0 Å². The number of carbonyl (C=O) groups excluding carboxylic acids is 1. The van der Waals surface area contributed by atoms with Gasteiger partial charge in [-0.25, -0.2) is 0 Å². The Kier molecular flexibility index (Phi) is 4.41. The predicted octanol–water partition coefficient (Wildman–Crippen LogP) is 5.19. The molecule has 1 atom stereocenters. The van der Waals surface area contributed by atoms with E-state index in [0.29, 0.717) is 6.42 Å². The Morgan fingerprint density at radius 1 is 0.852 bits per heavy atom. The van der Waals surface area contributed by atoms with Crippen molar-refractivity contribution in [2.45, 2.75) is 18.8 Å². The number of carbonyl (C=O) groups is 1. The van der Waals surface area contributed by atoms with E-state index in [0.717, 1.165) is 5.57 Å². The second kappa shape index (κ2) is 6.88. The van der Waals surface area contributed by atoms with Gasteiger partial charge < -0.3 is 5.32 Å². The Labute approximate surface area is 160 Å². The molecule has 1 unspecified atom stereocenters. The van der Waals surface area contributed by atoms with E-state index in [9.17, 15) is 4.79 Å². The maximum absolute atomic E-state index is 12.2. The molecule has 27 heavy (non-hydrogen) atoms. The highest BCUT2D eigenvalue weighted by molar-refractivity contribution is 5.86. The van der Waals surface area contributed by atoms with Gasteiger partial charge in [0.1, 0.15) is 0 Å². The summed E-state index contributed by atoms with van der Waals surface area (Å²) in [5.41, 5.74) is 6.88. The maximum Gasteiger partial charge on any atom is 0.223 e. The zero-order chi connectivity index (χ0) is 18.9. The molecule has 0 aromatic heterocycles. The first kappa shape index (κ1) is 17.3. The lowest BCUT2D eigenvalue weighted by molar-refractivity contribution is -0.120. The summed E-state index contributed by atoms with van der Waals surface area (Å²) in [6, 6.07) is 27.5. The molecular formula is C25H23NO. The smallest absolute Gasteiger partial charge is 0.223 e. The average Bonchev–Trinajstić information content (AvgIpc) is 3.01. The molecule has 1 aliphatic rings. The molecule has 1 amide bonds. The molecule has 4 rings (SSSR count). The van der Waals surface area contributed by atoms with Crippen LogP contribution in [0.4, 0.5) is 0 Å². The van der Waals surface area contributed by atoms with E-state index in [-0.39, 0.29) is 11.3 Å². The summed E-state index contributed by atoms with van der Waals surface area (Å²) in [5, 5.41) is 2.77. The van der Waals surface area contributed by atoms with Crippen LogP contribution in [0, 0.1) is 0 Å². The molecule has 2 heteroatoms. The predicted molar refractivity (Wildman–Crippen MR) is 111 cm³/mol. The van der Waals surface area contributed by atoms with Crippen LogP contribution in [-0.2, 0) is 10.2 Å². The zero-order valence-electron chi connectivity index (χ0n) is 15.7. The van der Waals surface area contributed by atoms with Crippen molar-refractivity contribution in [2.75, 3.05) is 7.05 Å². The minimum atomic E-state index is -0.338. The molecule has 0 aliphatic heterocycles. The van der Waals surface area contributed by atoms with Gasteiger partial charge in [0, 0.05) is 18.9 Å². The molecule has 0 heterocycles. The SMILES string of the molecule is CNC(=O)CC1=Cc2ccccc2C1(C)c1ccccc1-c1ccccc1. The van der Waals surface area contributed by atoms with Crippen molar-refractivity contribution in [1.29, 1.82) is 0 Å². The third-order valence-corrected chi connectivity index (χ3v) is 5.65. The van der Waals surface area contributed by atoms with Gasteiger partial charge in [0.05, 0.1) is 0 Å². The highest BCUT2D eigenvalue weighted by atomic mass is 16.1. The second-order valence-electron chi connectivity index (χ2n) is 7.14. The van der Waals surface area contributed by atoms with Gasteiger partial charge >= 0.3 is 0 Å². The number of benzene rings is 3. The first-order valence-electron chi connectivity index (χ1n) is 9.30. The van der Waals surface area contributed by atoms with E-state index < -0.39 is 0 Å². The molecule has 3 aromatic carbocycles. The summed E-state index contributed by atoms with van der Waals surface area (Å²) in [6.07, 6.45) is 2.58. The fraction of sp³-hybridized carbons (Fsp3) is 0.160. The van der Waals surface area contributed by atoms with Crippen LogP contribution in [0.1, 0.15) is 30.0 Å². The second-order valence-corrected chi connectivity index (χ2v) is 7.14. The van der Waals surface area contributed by atoms with E-state index in [1.165, 1.54) is 27.8 Å². The van der Waals surface area contributed by atoms with Gasteiger partial charge in [-0.15, -0.1) is 0 Å². The lowest BCUT2D eigenvalue weighted by Crippen LogP contribution is -2.28. The van der Waals surface area contributed by atoms with Gasteiger partial charge in [-0.2, -0.15) is 0 Å². The topological polar surface area (TPSA) is 29.1 Å². The zero-order valence-corrected chi connectivity index (χ0v) is 15.7. The summed E-state index contributed by atoms with van der Waals surface area (Å²) in [4.78, 5) is 12.2. The molecule has 1 aliphatic carbocycles. The first-order chi connectivity index (χ1) is 13.1. The molecule has 0 bridgehead atoms. The number of hydrogen-bond donors (Lipinski definition) is 1. The third kappa shape index (κ3) is 2.87. The Morgan fingerprint density at radius 2 is 1.48 bits per heavy atom. The monoisotopic (exact) mass is 353 g/mol. The fourth-order valence-corrected chi connectivity index (χ4v) is 4.18. The third-order valence-electron chi connectivity index (χ3n) is 5.65. The van der Waals surface area contributed by atoms with Crippen LogP contribution < -0.4 is 5.32 Å². The van der Waals surface area contributed by atoms with E-state index >= 15 is 0 Å². The summed E-state index contributed by atoms with van der Waals surface area (Å²) < 4.78 is 0. The van der Waals surface area contributed by atoms with Crippen molar-refractivity contribution in [2.24, 2.45) is 0 Å². The molecule has 0 spiro atoms. The minimum Gasteiger partial charge on any atom is -0.359 e. The maximum atomic E-state index is 12.2. The van der Waals surface area contributed by atoms with Crippen molar-refractivity contribution >= 4 is 12.0 Å². The summed E-state index contributed by atoms with van der Waals surface area (Å²) in [6.45, 7) is 2.25. The minimum absolute atomic E-state index is 0.0393. The fourth-order valence-electron chi connectivity index (χ4n) is 4.18. The van der Waals surface area contributed by atoms with Crippen LogP contribution in [0.3, 0.4) is 0 Å². The molecule has 1 N–H and O–H groups in total. The number of nitrogens with one attached hydrogen (secondary N) is 1. The van der Waals surface area contributed by atoms with Crippen molar-refractivity contribution in [3.05, 3.63) is 101 Å². The lowest BCUT2D eigenvalue weighted by atomic mass is 9.70. The Balaban J connectivity index is 1.93. The van der Waals surface area contributed by atoms with Gasteiger partial charge in [0.2, 0.25) is 5.91 Å². The van der Waals surface area contributed by atoms with Crippen molar-refractivity contribution in [3.63, 3.8) is 0 Å². The normalized spacial score (nSPS) is 17.9. The number of fused-ring (bicyclic) bond motifs is 1. The molecule has 3 aromatic rings. The molecule has 0 saturated carbocycles. The van der Waals surface area contributed by atoms with Gasteiger partial charge in [-0.1, -0.05) is 84.9 Å². The van der Waals surface area contributed by atoms with Crippen LogP contribution in [0.5, 0.6) is 0 Å². The van der Waals surface area contributed by atoms with Crippen molar-refractivity contribution in [3.8, 4) is 11.1 Å². The highest BCUT2D eigenvalue weighted by Crippen LogP contribution is 2.50. The molecule has 0 fully saturated rings. The highest BCUT2D eigenvalue weighted by Gasteiger charge is 2.40. The standard InChI is InChI=1S/C25H23NO/c1-25(23-15-9-7-13-21(23)18-10-4-3-5-11-18)20(17-24(27)26-2)16-19-12-6-8-14-22(19)25/h3-16H,17H2,1-2H3,(H,26,27). The van der Waals surface area contributed by atoms with Crippen LogP contribution in [0.15, 0.2) is 84.4 Å². The van der Waals surface area contributed by atoms with Crippen molar-refractivity contribution in [1.82, 2.24) is 5.32 Å². The van der Waals surface area contributed by atoms with Crippen LogP contribution in [-0.4, -0.2) is 13.0 Å². The van der Waals surface area contributed by atoms with E-state index in [2.05, 4.69) is 91.1 Å². The Morgan fingerprint density at radius 3 is 2.22 bits per heavy atom. The largest absolute Gasteiger partial charge is 0.359 e. The summed E-state index contributed by atoms with van der Waals surface area (Å²) >= 11 is 0. The molecule has 0 radical (unpaired) electrons.